The fourth-order valence-electron chi connectivity index (χ4n) is 6.02. The topological polar surface area (TPSA) is 150 Å². The number of pyridine rings is 1. The van der Waals surface area contributed by atoms with E-state index in [4.69, 9.17) is 16.5 Å². The first-order valence-electron chi connectivity index (χ1n) is 12.3. The number of hydrogen-bond acceptors (Lipinski definition) is 7. The molecule has 1 aromatic carbocycles. The van der Waals surface area contributed by atoms with Crippen molar-refractivity contribution in [1.29, 1.82) is 0 Å². The normalized spacial score (nSPS) is 21.2. The van der Waals surface area contributed by atoms with E-state index in [-0.39, 0.29) is 34.5 Å². The SMILES string of the molecule is CS(=O)(=O)c1c(C2CC3CC[C@@H](C2)N3C(N)=O)nc2c(-c3ccc(-c4ccccc4F)nc3)cnn2c1N. The molecule has 12 heteroatoms. The number of nitrogens with two attached hydrogens (primary N) is 2. The number of carbonyl (C=O) groups excluding carboxylic acids is 1. The van der Waals surface area contributed by atoms with Gasteiger partial charge in [0.15, 0.2) is 15.5 Å². The van der Waals surface area contributed by atoms with E-state index in [1.54, 1.807) is 47.6 Å². The summed E-state index contributed by atoms with van der Waals surface area (Å²) in [4.78, 5) is 22.9. The highest BCUT2D eigenvalue weighted by molar-refractivity contribution is 7.91. The molecule has 2 unspecified atom stereocenters. The summed E-state index contributed by atoms with van der Waals surface area (Å²) >= 11 is 0. The number of halogens is 1. The van der Waals surface area contributed by atoms with Gasteiger partial charge in [-0.15, -0.1) is 0 Å². The Morgan fingerprint density at radius 1 is 1.05 bits per heavy atom. The highest BCUT2D eigenvalue weighted by Crippen LogP contribution is 2.45. The molecule has 38 heavy (non-hydrogen) atoms. The third-order valence-electron chi connectivity index (χ3n) is 7.63. The van der Waals surface area contributed by atoms with Crippen molar-refractivity contribution < 1.29 is 17.6 Å². The summed E-state index contributed by atoms with van der Waals surface area (Å²) in [5, 5.41) is 4.33. The zero-order valence-electron chi connectivity index (χ0n) is 20.6. The first-order valence-corrected chi connectivity index (χ1v) is 14.2. The predicted molar refractivity (Wildman–Crippen MR) is 139 cm³/mol. The van der Waals surface area contributed by atoms with Crippen molar-refractivity contribution in [2.75, 3.05) is 12.0 Å². The van der Waals surface area contributed by atoms with Crippen LogP contribution in [-0.4, -0.2) is 57.3 Å². The van der Waals surface area contributed by atoms with Gasteiger partial charge >= 0.3 is 6.03 Å². The summed E-state index contributed by atoms with van der Waals surface area (Å²) in [6.45, 7) is 0. The summed E-state index contributed by atoms with van der Waals surface area (Å²) < 4.78 is 41.4. The largest absolute Gasteiger partial charge is 0.382 e. The third kappa shape index (κ3) is 3.87. The average Bonchev–Trinajstić information content (AvgIpc) is 3.42. The molecule has 6 rings (SSSR count). The van der Waals surface area contributed by atoms with Crippen molar-refractivity contribution in [1.82, 2.24) is 24.5 Å². The number of nitrogen functional groups attached to an aromatic ring is 1. The minimum absolute atomic E-state index is 0.0145. The van der Waals surface area contributed by atoms with Crippen LogP contribution in [0.5, 0.6) is 0 Å². The number of carbonyl (C=O) groups is 1. The number of primary amides is 1. The summed E-state index contributed by atoms with van der Waals surface area (Å²) in [7, 11) is -3.75. The van der Waals surface area contributed by atoms with E-state index in [1.165, 1.54) is 10.6 Å². The number of rotatable bonds is 4. The van der Waals surface area contributed by atoms with Crippen LogP contribution in [0.3, 0.4) is 0 Å². The molecule has 2 saturated heterocycles. The van der Waals surface area contributed by atoms with Crippen LogP contribution < -0.4 is 11.5 Å². The van der Waals surface area contributed by atoms with E-state index in [2.05, 4.69) is 10.1 Å². The maximum Gasteiger partial charge on any atom is 0.315 e. The monoisotopic (exact) mass is 535 g/mol. The molecule has 0 spiro atoms. The second-order valence-corrected chi connectivity index (χ2v) is 11.9. The van der Waals surface area contributed by atoms with Crippen LogP contribution >= 0.6 is 0 Å². The number of fused-ring (bicyclic) bond motifs is 3. The number of piperidine rings is 1. The van der Waals surface area contributed by atoms with Gasteiger partial charge in [0.05, 0.1) is 17.6 Å². The van der Waals surface area contributed by atoms with Gasteiger partial charge in [-0.05, 0) is 43.9 Å². The summed E-state index contributed by atoms with van der Waals surface area (Å²) in [6, 6.07) is 9.31. The number of amides is 2. The van der Waals surface area contributed by atoms with Crippen molar-refractivity contribution in [3.8, 4) is 22.4 Å². The lowest BCUT2D eigenvalue weighted by Gasteiger charge is -2.38. The Labute approximate surface area is 218 Å². The molecule has 2 aliphatic heterocycles. The van der Waals surface area contributed by atoms with Gasteiger partial charge in [0.1, 0.15) is 16.5 Å². The lowest BCUT2D eigenvalue weighted by molar-refractivity contribution is 0.144. The van der Waals surface area contributed by atoms with Crippen LogP contribution in [-0.2, 0) is 9.84 Å². The minimum Gasteiger partial charge on any atom is -0.382 e. The highest BCUT2D eigenvalue weighted by atomic mass is 32.2. The molecule has 0 radical (unpaired) electrons. The molecule has 0 aliphatic carbocycles. The lowest BCUT2D eigenvalue weighted by atomic mass is 9.88. The minimum atomic E-state index is -3.75. The molecule has 4 N–H and O–H groups in total. The van der Waals surface area contributed by atoms with Gasteiger partial charge in [-0.1, -0.05) is 18.2 Å². The molecule has 3 aromatic heterocycles. The zero-order valence-corrected chi connectivity index (χ0v) is 21.4. The Kier molecular flexibility index (Phi) is 5.60. The number of nitrogens with zero attached hydrogens (tertiary/aromatic N) is 5. The maximum atomic E-state index is 14.2. The first-order chi connectivity index (χ1) is 18.1. The summed E-state index contributed by atoms with van der Waals surface area (Å²) in [6.07, 6.45) is 7.00. The number of sulfone groups is 1. The Morgan fingerprint density at radius 2 is 1.76 bits per heavy atom. The second-order valence-electron chi connectivity index (χ2n) is 9.99. The van der Waals surface area contributed by atoms with Gasteiger partial charge in [-0.3, -0.25) is 4.98 Å². The fraction of sp³-hybridized carbons (Fsp3) is 0.308. The van der Waals surface area contributed by atoms with Crippen molar-refractivity contribution in [3.05, 3.63) is 60.3 Å². The van der Waals surface area contributed by atoms with E-state index in [0.29, 0.717) is 46.6 Å². The Hall–Kier alpha value is -4.06. The molecule has 2 amide bonds. The van der Waals surface area contributed by atoms with Gasteiger partial charge in [0.25, 0.3) is 0 Å². The Bertz CT molecular complexity index is 1670. The molecular formula is C26H26FN7O3S. The van der Waals surface area contributed by atoms with E-state index in [9.17, 15) is 17.6 Å². The van der Waals surface area contributed by atoms with Crippen LogP contribution in [0.2, 0.25) is 0 Å². The van der Waals surface area contributed by atoms with Crippen LogP contribution in [0.4, 0.5) is 15.0 Å². The number of urea groups is 1. The van der Waals surface area contributed by atoms with Gasteiger partial charge in [0, 0.05) is 47.1 Å². The lowest BCUT2D eigenvalue weighted by Crippen LogP contribution is -2.48. The molecular weight excluding hydrogens is 509 g/mol. The van der Waals surface area contributed by atoms with Crippen LogP contribution in [0.1, 0.15) is 37.3 Å². The molecule has 0 saturated carbocycles. The quantitative estimate of drug-likeness (QED) is 0.407. The van der Waals surface area contributed by atoms with E-state index >= 15 is 0 Å². The highest BCUT2D eigenvalue weighted by Gasteiger charge is 2.44. The number of aromatic nitrogens is 4. The molecule has 2 bridgehead atoms. The van der Waals surface area contributed by atoms with Gasteiger partial charge in [-0.25, -0.2) is 22.6 Å². The Balaban J connectivity index is 1.45. The van der Waals surface area contributed by atoms with Crippen molar-refractivity contribution in [2.24, 2.45) is 5.73 Å². The van der Waals surface area contributed by atoms with Crippen molar-refractivity contribution in [3.63, 3.8) is 0 Å². The van der Waals surface area contributed by atoms with Crippen LogP contribution in [0.25, 0.3) is 28.0 Å². The number of anilines is 1. The fourth-order valence-corrected chi connectivity index (χ4v) is 7.08. The molecule has 10 nitrogen and oxygen atoms in total. The van der Waals surface area contributed by atoms with Gasteiger partial charge in [0.2, 0.25) is 0 Å². The van der Waals surface area contributed by atoms with Crippen molar-refractivity contribution >= 4 is 27.3 Å². The standard InChI is InChI=1S/C26H26FN7O3S/c1-38(36,37)23-22(15-10-16-7-8-17(11-15)33(16)26(29)35)32-25-19(13-31-34(25)24(23)28)14-6-9-21(30-12-14)18-4-2-3-5-20(18)27/h2-6,9,12-13,15-17H,7-8,10-11,28H2,1H3,(H2,29,35)/t15?,16-,17?/m0/s1. The third-order valence-corrected chi connectivity index (χ3v) is 8.79. The zero-order chi connectivity index (χ0) is 26.8. The number of benzene rings is 1. The summed E-state index contributed by atoms with van der Waals surface area (Å²) in [5.74, 6) is -0.601. The van der Waals surface area contributed by atoms with Gasteiger partial charge in [-0.2, -0.15) is 9.61 Å². The van der Waals surface area contributed by atoms with E-state index in [0.717, 1.165) is 19.1 Å². The van der Waals surface area contributed by atoms with Crippen LogP contribution in [0.15, 0.2) is 53.7 Å². The summed E-state index contributed by atoms with van der Waals surface area (Å²) in [5.41, 5.74) is 15.0. The predicted octanol–water partition coefficient (Wildman–Crippen LogP) is 3.37. The molecule has 196 valence electrons. The van der Waals surface area contributed by atoms with Gasteiger partial charge < -0.3 is 16.4 Å². The van der Waals surface area contributed by atoms with Crippen molar-refractivity contribution in [2.45, 2.75) is 48.6 Å². The molecule has 2 aliphatic rings. The van der Waals surface area contributed by atoms with E-state index in [1.807, 2.05) is 0 Å². The second kappa shape index (κ2) is 8.76. The number of hydrogen-bond donors (Lipinski definition) is 2. The van der Waals surface area contributed by atoms with Crippen LogP contribution in [0, 0.1) is 5.82 Å². The smallest absolute Gasteiger partial charge is 0.315 e. The average molecular weight is 536 g/mol. The molecule has 5 heterocycles. The van der Waals surface area contributed by atoms with E-state index < -0.39 is 15.9 Å². The first kappa shape index (κ1) is 24.3. The maximum absolute atomic E-state index is 14.2. The molecule has 4 aromatic rings. The Morgan fingerprint density at radius 3 is 2.37 bits per heavy atom. The molecule has 2 fully saturated rings. The molecule has 3 atom stereocenters.